The first-order valence-electron chi connectivity index (χ1n) is 0.908. The maximum atomic E-state index is 9.08. The summed E-state index contributed by atoms with van der Waals surface area (Å²) in [5, 5.41) is 0. The van der Waals surface area contributed by atoms with Gasteiger partial charge in [0.1, 0.15) is 0 Å². The standard InChI is InChI=1S/CH4O3S.Pd/c1-5(2,3)4;/h1H3,(H,2,3,4);/p-1. The molecular weight excluding hydrogens is 198 g/mol. The average Bonchev–Trinajstić information content (AvgIpc) is 0.722. The van der Waals surface area contributed by atoms with Crippen LogP contribution in [0.15, 0.2) is 0 Å². The molecule has 0 aliphatic heterocycles. The van der Waals surface area contributed by atoms with E-state index in [2.05, 4.69) is 0 Å². The van der Waals surface area contributed by atoms with Crippen molar-refractivity contribution < 1.29 is 33.4 Å². The zero-order valence-electron chi connectivity index (χ0n) is 2.95. The van der Waals surface area contributed by atoms with Gasteiger partial charge in [-0.2, -0.15) is 0 Å². The molecule has 6 heavy (non-hydrogen) atoms. The molecule has 0 fully saturated rings. The zero-order chi connectivity index (χ0) is 4.50. The van der Waals surface area contributed by atoms with Gasteiger partial charge in [0.15, 0.2) is 0 Å². The summed E-state index contributed by atoms with van der Waals surface area (Å²) < 4.78 is 27.2. The second kappa shape index (κ2) is 2.70. The first-order valence-corrected chi connectivity index (χ1v) is 2.72. The predicted octanol–water partition coefficient (Wildman–Crippen LogP) is -0.841. The van der Waals surface area contributed by atoms with Crippen LogP contribution in [-0.2, 0) is 30.5 Å². The molecule has 42 valence electrons. The zero-order valence-corrected chi connectivity index (χ0v) is 5.32. The minimum absolute atomic E-state index is 0. The van der Waals surface area contributed by atoms with Gasteiger partial charge in [0.05, 0.1) is 10.1 Å². The van der Waals surface area contributed by atoms with E-state index in [1.807, 2.05) is 0 Å². The first-order chi connectivity index (χ1) is 2.00. The van der Waals surface area contributed by atoms with Crippen LogP contribution in [0.1, 0.15) is 0 Å². The van der Waals surface area contributed by atoms with E-state index in [0.29, 0.717) is 6.26 Å². The molecule has 0 radical (unpaired) electrons. The van der Waals surface area contributed by atoms with Gasteiger partial charge in [-0.25, -0.2) is 8.42 Å². The summed E-state index contributed by atoms with van der Waals surface area (Å²) in [5.41, 5.74) is 0. The van der Waals surface area contributed by atoms with Crippen molar-refractivity contribution in [3.8, 4) is 0 Å². The van der Waals surface area contributed by atoms with E-state index in [4.69, 9.17) is 13.0 Å². The van der Waals surface area contributed by atoms with Crippen molar-refractivity contribution in [3.63, 3.8) is 0 Å². The summed E-state index contributed by atoms with van der Waals surface area (Å²) in [6.07, 6.45) is 0.604. The van der Waals surface area contributed by atoms with E-state index < -0.39 is 10.1 Å². The van der Waals surface area contributed by atoms with Gasteiger partial charge in [0.2, 0.25) is 0 Å². The molecule has 0 aliphatic rings. The number of hydrogen-bond donors (Lipinski definition) is 0. The Labute approximate surface area is 50.1 Å². The number of rotatable bonds is 0. The van der Waals surface area contributed by atoms with E-state index in [1.165, 1.54) is 0 Å². The normalized spacial score (nSPS) is 9.67. The summed E-state index contributed by atoms with van der Waals surface area (Å²) in [6, 6.07) is 0. The molecular formula is CH3O3PdS-. The number of hydrogen-bond acceptors (Lipinski definition) is 3. The third kappa shape index (κ3) is 178. The summed E-state index contributed by atoms with van der Waals surface area (Å²) >= 11 is 0. The molecule has 0 atom stereocenters. The van der Waals surface area contributed by atoms with Crippen LogP contribution in [0, 0.1) is 0 Å². The molecule has 0 unspecified atom stereocenters. The molecule has 0 amide bonds. The minimum atomic E-state index is -3.92. The van der Waals surface area contributed by atoms with Crippen molar-refractivity contribution >= 4 is 10.1 Å². The van der Waals surface area contributed by atoms with Crippen molar-refractivity contribution in [2.24, 2.45) is 0 Å². The molecule has 0 aliphatic carbocycles. The molecule has 0 aromatic heterocycles. The second-order valence-corrected chi connectivity index (χ2v) is 2.11. The summed E-state index contributed by atoms with van der Waals surface area (Å²) in [4.78, 5) is 0. The van der Waals surface area contributed by atoms with E-state index >= 15 is 0 Å². The molecule has 0 bridgehead atoms. The van der Waals surface area contributed by atoms with Gasteiger partial charge in [0.25, 0.3) is 0 Å². The van der Waals surface area contributed by atoms with Crippen LogP contribution in [0.2, 0.25) is 0 Å². The fraction of sp³-hybridized carbons (Fsp3) is 1.00. The van der Waals surface area contributed by atoms with Crippen LogP contribution in [0.5, 0.6) is 0 Å². The van der Waals surface area contributed by atoms with Crippen LogP contribution >= 0.6 is 0 Å². The average molecular weight is 202 g/mol. The van der Waals surface area contributed by atoms with Crippen LogP contribution in [0.3, 0.4) is 0 Å². The van der Waals surface area contributed by atoms with E-state index in [0.717, 1.165) is 0 Å². The maximum Gasteiger partial charge on any atom is 0.0916 e. The van der Waals surface area contributed by atoms with Gasteiger partial charge in [-0.3, -0.25) is 0 Å². The van der Waals surface area contributed by atoms with Crippen molar-refractivity contribution in [3.05, 3.63) is 0 Å². The Morgan fingerprint density at radius 1 is 1.50 bits per heavy atom. The maximum absolute atomic E-state index is 9.08. The molecule has 3 nitrogen and oxygen atoms in total. The van der Waals surface area contributed by atoms with Gasteiger partial charge in [-0.15, -0.1) is 0 Å². The van der Waals surface area contributed by atoms with E-state index in [1.54, 1.807) is 0 Å². The van der Waals surface area contributed by atoms with Gasteiger partial charge in [-0.05, 0) is 0 Å². The Bertz CT molecular complexity index is 94.0. The molecule has 0 aromatic rings. The molecule has 0 N–H and O–H groups in total. The van der Waals surface area contributed by atoms with Gasteiger partial charge < -0.3 is 4.55 Å². The Kier molecular flexibility index (Phi) is 4.39. The Morgan fingerprint density at radius 3 is 1.50 bits per heavy atom. The summed E-state index contributed by atoms with van der Waals surface area (Å²) in [7, 11) is -3.92. The SMILES string of the molecule is CS(=O)(=O)[O-].[Pd]. The fourth-order valence-corrected chi connectivity index (χ4v) is 0. The molecule has 0 spiro atoms. The minimum Gasteiger partial charge on any atom is -0.748 e. The van der Waals surface area contributed by atoms with Crippen LogP contribution in [-0.4, -0.2) is 19.2 Å². The van der Waals surface area contributed by atoms with Crippen LogP contribution < -0.4 is 0 Å². The van der Waals surface area contributed by atoms with Crippen molar-refractivity contribution in [1.82, 2.24) is 0 Å². The topological polar surface area (TPSA) is 57.2 Å². The Hall–Kier alpha value is 0.572. The van der Waals surface area contributed by atoms with E-state index in [9.17, 15) is 0 Å². The quantitative estimate of drug-likeness (QED) is 0.379. The molecule has 0 saturated carbocycles. The van der Waals surface area contributed by atoms with Gasteiger partial charge in [-0.1, -0.05) is 0 Å². The van der Waals surface area contributed by atoms with Crippen LogP contribution in [0.25, 0.3) is 0 Å². The Balaban J connectivity index is 0. The largest absolute Gasteiger partial charge is 0.748 e. The van der Waals surface area contributed by atoms with Crippen molar-refractivity contribution in [2.45, 2.75) is 0 Å². The summed E-state index contributed by atoms with van der Waals surface area (Å²) in [6.45, 7) is 0. The molecule has 0 aromatic carbocycles. The van der Waals surface area contributed by atoms with Crippen LogP contribution in [0.4, 0.5) is 0 Å². The fourth-order valence-electron chi connectivity index (χ4n) is 0. The molecule has 0 saturated heterocycles. The first kappa shape index (κ1) is 9.76. The van der Waals surface area contributed by atoms with Gasteiger partial charge >= 0.3 is 0 Å². The monoisotopic (exact) mass is 201 g/mol. The third-order valence-corrected chi connectivity index (χ3v) is 0. The van der Waals surface area contributed by atoms with Crippen molar-refractivity contribution in [2.75, 3.05) is 6.26 Å². The smallest absolute Gasteiger partial charge is 0.0916 e. The summed E-state index contributed by atoms with van der Waals surface area (Å²) in [5.74, 6) is 0. The Morgan fingerprint density at radius 2 is 1.50 bits per heavy atom. The third-order valence-electron chi connectivity index (χ3n) is 0. The second-order valence-electron chi connectivity index (χ2n) is 0.704. The van der Waals surface area contributed by atoms with Crippen molar-refractivity contribution in [1.29, 1.82) is 0 Å². The molecule has 0 rings (SSSR count). The molecule has 5 heteroatoms. The van der Waals surface area contributed by atoms with Gasteiger partial charge in [0, 0.05) is 26.7 Å². The predicted molar refractivity (Wildman–Crippen MR) is 15.6 cm³/mol. The van der Waals surface area contributed by atoms with E-state index in [-0.39, 0.29) is 20.4 Å². The molecule has 0 heterocycles.